The van der Waals surface area contributed by atoms with Gasteiger partial charge in [-0.05, 0) is 36.8 Å². The molecule has 142 valence electrons. The van der Waals surface area contributed by atoms with Gasteiger partial charge in [0.1, 0.15) is 0 Å². The van der Waals surface area contributed by atoms with Crippen LogP contribution in [0.25, 0.3) is 0 Å². The van der Waals surface area contributed by atoms with E-state index in [2.05, 4.69) is 9.88 Å². The standard InChI is InChI=1S/C20H29N3O3/c24-19(12-17-2-1-6-21-13-17)23-9-11-26-20(16-23)4-7-22(8-5-20)14-18-3-10-25-15-18/h1-2,6,13,18H,3-5,7-12,14-16H2/t18-/m0/s1. The van der Waals surface area contributed by atoms with Crippen molar-refractivity contribution in [3.8, 4) is 0 Å². The first-order valence-corrected chi connectivity index (χ1v) is 9.83. The van der Waals surface area contributed by atoms with Gasteiger partial charge in [-0.3, -0.25) is 9.78 Å². The number of pyridine rings is 1. The number of carbonyl (C=O) groups excluding carboxylic acids is 1. The van der Waals surface area contributed by atoms with Crippen LogP contribution in [-0.2, 0) is 20.7 Å². The molecule has 3 aliphatic rings. The molecule has 0 bridgehead atoms. The van der Waals surface area contributed by atoms with E-state index in [0.29, 0.717) is 25.5 Å². The molecular formula is C20H29N3O3. The molecular weight excluding hydrogens is 330 g/mol. The lowest BCUT2D eigenvalue weighted by molar-refractivity contribution is -0.159. The molecule has 4 heterocycles. The molecule has 0 aliphatic carbocycles. The molecule has 3 aliphatic heterocycles. The first kappa shape index (κ1) is 17.9. The van der Waals surface area contributed by atoms with Crippen molar-refractivity contribution >= 4 is 5.91 Å². The summed E-state index contributed by atoms with van der Waals surface area (Å²) in [7, 11) is 0. The maximum Gasteiger partial charge on any atom is 0.227 e. The molecule has 1 amide bonds. The summed E-state index contributed by atoms with van der Waals surface area (Å²) in [5.74, 6) is 0.875. The van der Waals surface area contributed by atoms with Gasteiger partial charge < -0.3 is 19.3 Å². The van der Waals surface area contributed by atoms with Crippen molar-refractivity contribution in [2.24, 2.45) is 5.92 Å². The third kappa shape index (κ3) is 4.24. The topological polar surface area (TPSA) is 54.9 Å². The van der Waals surface area contributed by atoms with Crippen molar-refractivity contribution in [2.75, 3.05) is 52.5 Å². The van der Waals surface area contributed by atoms with Gasteiger partial charge in [0.15, 0.2) is 0 Å². The Balaban J connectivity index is 1.30. The van der Waals surface area contributed by atoms with Crippen LogP contribution in [0.1, 0.15) is 24.8 Å². The van der Waals surface area contributed by atoms with Crippen molar-refractivity contribution in [3.05, 3.63) is 30.1 Å². The van der Waals surface area contributed by atoms with E-state index in [0.717, 1.165) is 57.8 Å². The number of morpholine rings is 1. The molecule has 1 aromatic rings. The zero-order valence-electron chi connectivity index (χ0n) is 15.4. The van der Waals surface area contributed by atoms with Crippen molar-refractivity contribution in [3.63, 3.8) is 0 Å². The summed E-state index contributed by atoms with van der Waals surface area (Å²) in [5.41, 5.74) is 0.831. The second-order valence-corrected chi connectivity index (χ2v) is 7.92. The summed E-state index contributed by atoms with van der Waals surface area (Å²) in [4.78, 5) is 21.4. The second kappa shape index (κ2) is 8.03. The largest absolute Gasteiger partial charge is 0.381 e. The summed E-state index contributed by atoms with van der Waals surface area (Å²) < 4.78 is 11.7. The van der Waals surface area contributed by atoms with E-state index in [-0.39, 0.29) is 11.5 Å². The van der Waals surface area contributed by atoms with Crippen molar-refractivity contribution in [1.29, 1.82) is 0 Å². The highest BCUT2D eigenvalue weighted by atomic mass is 16.5. The van der Waals surface area contributed by atoms with E-state index in [4.69, 9.17) is 9.47 Å². The number of hydrogen-bond donors (Lipinski definition) is 0. The Morgan fingerprint density at radius 2 is 2.15 bits per heavy atom. The number of ether oxygens (including phenoxy) is 2. The molecule has 1 aromatic heterocycles. The number of nitrogens with zero attached hydrogens (tertiary/aromatic N) is 3. The summed E-state index contributed by atoms with van der Waals surface area (Å²) in [5, 5.41) is 0. The van der Waals surface area contributed by atoms with Crippen LogP contribution in [0.2, 0.25) is 0 Å². The fourth-order valence-corrected chi connectivity index (χ4v) is 4.38. The van der Waals surface area contributed by atoms with Crippen LogP contribution in [0.4, 0.5) is 0 Å². The minimum Gasteiger partial charge on any atom is -0.381 e. The fraction of sp³-hybridized carbons (Fsp3) is 0.700. The van der Waals surface area contributed by atoms with E-state index in [9.17, 15) is 4.79 Å². The van der Waals surface area contributed by atoms with Gasteiger partial charge in [0.25, 0.3) is 0 Å². The first-order valence-electron chi connectivity index (χ1n) is 9.83. The maximum absolute atomic E-state index is 12.7. The summed E-state index contributed by atoms with van der Waals surface area (Å²) in [6.07, 6.45) is 7.16. The molecule has 3 saturated heterocycles. The number of aromatic nitrogens is 1. The van der Waals surface area contributed by atoms with E-state index in [1.807, 2.05) is 17.0 Å². The summed E-state index contributed by atoms with van der Waals surface area (Å²) >= 11 is 0. The number of amides is 1. The van der Waals surface area contributed by atoms with Crippen LogP contribution in [0.5, 0.6) is 0 Å². The number of likely N-dealkylation sites (tertiary alicyclic amines) is 1. The minimum atomic E-state index is -0.147. The Bertz CT molecular complexity index is 596. The van der Waals surface area contributed by atoms with Crippen LogP contribution in [0.3, 0.4) is 0 Å². The van der Waals surface area contributed by atoms with E-state index >= 15 is 0 Å². The molecule has 0 aromatic carbocycles. The van der Waals surface area contributed by atoms with E-state index < -0.39 is 0 Å². The lowest BCUT2D eigenvalue weighted by Crippen LogP contribution is -2.58. The van der Waals surface area contributed by atoms with Crippen molar-refractivity contribution in [1.82, 2.24) is 14.8 Å². The quantitative estimate of drug-likeness (QED) is 0.812. The fourth-order valence-electron chi connectivity index (χ4n) is 4.38. The Hall–Kier alpha value is -1.50. The van der Waals surface area contributed by atoms with Crippen LogP contribution in [-0.4, -0.2) is 78.8 Å². The van der Waals surface area contributed by atoms with Gasteiger partial charge in [0, 0.05) is 51.7 Å². The highest BCUT2D eigenvalue weighted by molar-refractivity contribution is 5.78. The monoisotopic (exact) mass is 359 g/mol. The number of rotatable bonds is 4. The zero-order valence-corrected chi connectivity index (χ0v) is 15.4. The van der Waals surface area contributed by atoms with E-state index in [1.165, 1.54) is 6.42 Å². The molecule has 0 radical (unpaired) electrons. The van der Waals surface area contributed by atoms with Crippen LogP contribution in [0, 0.1) is 5.92 Å². The predicted octanol–water partition coefficient (Wildman–Crippen LogP) is 1.35. The predicted molar refractivity (Wildman–Crippen MR) is 97.8 cm³/mol. The minimum absolute atomic E-state index is 0.147. The average Bonchev–Trinajstić information content (AvgIpc) is 3.18. The number of piperidine rings is 1. The number of hydrogen-bond acceptors (Lipinski definition) is 5. The molecule has 0 N–H and O–H groups in total. The van der Waals surface area contributed by atoms with Gasteiger partial charge in [-0.15, -0.1) is 0 Å². The van der Waals surface area contributed by atoms with Gasteiger partial charge in [-0.25, -0.2) is 0 Å². The number of carbonyl (C=O) groups is 1. The normalized spacial score (nSPS) is 26.3. The van der Waals surface area contributed by atoms with Gasteiger partial charge in [-0.1, -0.05) is 6.07 Å². The molecule has 6 heteroatoms. The lowest BCUT2D eigenvalue weighted by Gasteiger charge is -2.47. The SMILES string of the molecule is O=C(Cc1cccnc1)N1CCOC2(CCN(C[C@@H]3CCOC3)CC2)C1. The molecule has 1 spiro atoms. The third-order valence-electron chi connectivity index (χ3n) is 5.99. The molecule has 3 fully saturated rings. The third-order valence-corrected chi connectivity index (χ3v) is 5.99. The zero-order chi connectivity index (χ0) is 17.8. The van der Waals surface area contributed by atoms with Crippen molar-refractivity contribution < 1.29 is 14.3 Å². The van der Waals surface area contributed by atoms with Gasteiger partial charge in [-0.2, -0.15) is 0 Å². The Morgan fingerprint density at radius 3 is 2.88 bits per heavy atom. The van der Waals surface area contributed by atoms with Crippen molar-refractivity contribution in [2.45, 2.75) is 31.3 Å². The Labute approximate surface area is 155 Å². The molecule has 1 atom stereocenters. The molecule has 4 rings (SSSR count). The van der Waals surface area contributed by atoms with E-state index in [1.54, 1.807) is 12.4 Å². The highest BCUT2D eigenvalue weighted by Crippen LogP contribution is 2.31. The van der Waals surface area contributed by atoms with Gasteiger partial charge in [0.05, 0.1) is 25.2 Å². The second-order valence-electron chi connectivity index (χ2n) is 7.92. The molecule has 6 nitrogen and oxygen atoms in total. The lowest BCUT2D eigenvalue weighted by atomic mass is 9.88. The van der Waals surface area contributed by atoms with Crippen LogP contribution < -0.4 is 0 Å². The molecule has 26 heavy (non-hydrogen) atoms. The molecule has 0 saturated carbocycles. The highest BCUT2D eigenvalue weighted by Gasteiger charge is 2.41. The maximum atomic E-state index is 12.7. The smallest absolute Gasteiger partial charge is 0.227 e. The summed E-state index contributed by atoms with van der Waals surface area (Å²) in [6.45, 7) is 7.15. The Kier molecular flexibility index (Phi) is 5.52. The average molecular weight is 359 g/mol. The first-order chi connectivity index (χ1) is 12.7. The molecule has 0 unspecified atom stereocenters. The van der Waals surface area contributed by atoms with Gasteiger partial charge >= 0.3 is 0 Å². The van der Waals surface area contributed by atoms with Crippen LogP contribution >= 0.6 is 0 Å². The van der Waals surface area contributed by atoms with Crippen LogP contribution in [0.15, 0.2) is 24.5 Å². The Morgan fingerprint density at radius 1 is 1.27 bits per heavy atom. The van der Waals surface area contributed by atoms with Gasteiger partial charge in [0.2, 0.25) is 5.91 Å². The summed E-state index contributed by atoms with van der Waals surface area (Å²) in [6, 6.07) is 3.85.